The molecule has 0 fully saturated rings. The standard InChI is InChI=1S/C22H20BrFN2O5/c1-28-17-10-14(18(23)21(30-3)20(17)29-2)22(27)26-9-8-16-15(11-26)19(31-25-16)12-4-6-13(24)7-5-12/h4-7,10H,8-9,11H2,1-3H3. The summed E-state index contributed by atoms with van der Waals surface area (Å²) in [6.45, 7) is 0.789. The third-order valence-corrected chi connectivity index (χ3v) is 6.02. The molecule has 0 aliphatic carbocycles. The number of hydrogen-bond acceptors (Lipinski definition) is 6. The second kappa shape index (κ2) is 8.58. The average molecular weight is 491 g/mol. The fraction of sp³-hybridized carbons (Fsp3) is 0.273. The molecule has 7 nitrogen and oxygen atoms in total. The Balaban J connectivity index is 1.69. The summed E-state index contributed by atoms with van der Waals surface area (Å²) in [5, 5.41) is 4.14. The molecule has 1 amide bonds. The molecule has 0 saturated carbocycles. The number of carbonyl (C=O) groups is 1. The molecule has 4 rings (SSSR count). The molecule has 1 aliphatic rings. The van der Waals surface area contributed by atoms with Crippen LogP contribution in [0.1, 0.15) is 21.6 Å². The van der Waals surface area contributed by atoms with Crippen LogP contribution in [0.4, 0.5) is 4.39 Å². The zero-order chi connectivity index (χ0) is 22.1. The van der Waals surface area contributed by atoms with Crippen LogP contribution in [0.2, 0.25) is 0 Å². The fourth-order valence-corrected chi connectivity index (χ4v) is 4.29. The van der Waals surface area contributed by atoms with E-state index >= 15 is 0 Å². The first kappa shape index (κ1) is 21.2. The smallest absolute Gasteiger partial charge is 0.255 e. The van der Waals surface area contributed by atoms with Gasteiger partial charge in [0.05, 0.1) is 43.6 Å². The number of nitrogens with zero attached hydrogens (tertiary/aromatic N) is 2. The first-order valence-corrected chi connectivity index (χ1v) is 10.3. The number of fused-ring (bicyclic) bond motifs is 1. The molecule has 162 valence electrons. The van der Waals surface area contributed by atoms with Crippen molar-refractivity contribution < 1.29 is 27.9 Å². The first-order chi connectivity index (χ1) is 15.0. The number of aromatic nitrogens is 1. The molecule has 2 aromatic carbocycles. The van der Waals surface area contributed by atoms with Gasteiger partial charge in [-0.2, -0.15) is 0 Å². The first-order valence-electron chi connectivity index (χ1n) is 9.49. The molecule has 3 aromatic rings. The highest BCUT2D eigenvalue weighted by Crippen LogP contribution is 2.45. The van der Waals surface area contributed by atoms with Gasteiger partial charge in [0.1, 0.15) is 5.82 Å². The van der Waals surface area contributed by atoms with Gasteiger partial charge in [-0.05, 0) is 46.3 Å². The van der Waals surface area contributed by atoms with E-state index in [1.165, 1.54) is 33.5 Å². The van der Waals surface area contributed by atoms with Crippen molar-refractivity contribution in [2.24, 2.45) is 0 Å². The Bertz CT molecular complexity index is 1130. The third kappa shape index (κ3) is 3.74. The van der Waals surface area contributed by atoms with E-state index in [-0.39, 0.29) is 11.7 Å². The molecule has 31 heavy (non-hydrogen) atoms. The van der Waals surface area contributed by atoms with E-state index in [2.05, 4.69) is 21.1 Å². The molecule has 0 spiro atoms. The van der Waals surface area contributed by atoms with E-state index in [9.17, 15) is 9.18 Å². The van der Waals surface area contributed by atoms with Crippen LogP contribution in [0.25, 0.3) is 11.3 Å². The molecule has 1 aromatic heterocycles. The SMILES string of the molecule is COc1cc(C(=O)N2CCc3noc(-c4ccc(F)cc4)c3C2)c(Br)c(OC)c1OC. The monoisotopic (exact) mass is 490 g/mol. The highest BCUT2D eigenvalue weighted by Gasteiger charge is 2.31. The van der Waals surface area contributed by atoms with E-state index in [0.29, 0.717) is 58.1 Å². The van der Waals surface area contributed by atoms with Crippen LogP contribution in [0.5, 0.6) is 17.2 Å². The molecule has 9 heteroatoms. The Morgan fingerprint density at radius 2 is 1.84 bits per heavy atom. The van der Waals surface area contributed by atoms with Gasteiger partial charge in [-0.3, -0.25) is 4.79 Å². The van der Waals surface area contributed by atoms with Crippen molar-refractivity contribution in [2.75, 3.05) is 27.9 Å². The van der Waals surface area contributed by atoms with Gasteiger partial charge in [-0.25, -0.2) is 4.39 Å². The largest absolute Gasteiger partial charge is 0.493 e. The van der Waals surface area contributed by atoms with E-state index in [1.807, 2.05) is 0 Å². The number of ether oxygens (including phenoxy) is 3. The predicted octanol–water partition coefficient (Wildman–Crippen LogP) is 4.47. The summed E-state index contributed by atoms with van der Waals surface area (Å²) < 4.78 is 35.5. The number of rotatable bonds is 5. The zero-order valence-corrected chi connectivity index (χ0v) is 18.8. The third-order valence-electron chi connectivity index (χ3n) is 5.23. The second-order valence-corrected chi connectivity index (χ2v) is 7.72. The van der Waals surface area contributed by atoms with Crippen LogP contribution in [0.15, 0.2) is 39.3 Å². The summed E-state index contributed by atoms with van der Waals surface area (Å²) in [4.78, 5) is 15.1. The van der Waals surface area contributed by atoms with Crippen LogP contribution < -0.4 is 14.2 Å². The summed E-state index contributed by atoms with van der Waals surface area (Å²) in [5.74, 6) is 1.16. The lowest BCUT2D eigenvalue weighted by Gasteiger charge is -2.27. The van der Waals surface area contributed by atoms with E-state index in [1.54, 1.807) is 23.1 Å². The van der Waals surface area contributed by atoms with Gasteiger partial charge in [-0.15, -0.1) is 0 Å². The van der Waals surface area contributed by atoms with Gasteiger partial charge in [0.25, 0.3) is 5.91 Å². The molecule has 0 saturated heterocycles. The van der Waals surface area contributed by atoms with Gasteiger partial charge >= 0.3 is 0 Å². The Kier molecular flexibility index (Phi) is 5.86. The van der Waals surface area contributed by atoms with Crippen molar-refractivity contribution in [1.82, 2.24) is 10.1 Å². The lowest BCUT2D eigenvalue weighted by atomic mass is 10.0. The van der Waals surface area contributed by atoms with Gasteiger partial charge < -0.3 is 23.6 Å². The lowest BCUT2D eigenvalue weighted by Crippen LogP contribution is -2.36. The van der Waals surface area contributed by atoms with Crippen LogP contribution in [0, 0.1) is 5.82 Å². The Hall–Kier alpha value is -3.07. The Morgan fingerprint density at radius 1 is 1.13 bits per heavy atom. The normalized spacial score (nSPS) is 13.0. The topological polar surface area (TPSA) is 74.0 Å². The predicted molar refractivity (Wildman–Crippen MR) is 114 cm³/mol. The summed E-state index contributed by atoms with van der Waals surface area (Å²) >= 11 is 3.47. The average Bonchev–Trinajstić information content (AvgIpc) is 3.22. The number of hydrogen-bond donors (Lipinski definition) is 0. The maximum absolute atomic E-state index is 13.4. The quantitative estimate of drug-likeness (QED) is 0.525. The van der Waals surface area contributed by atoms with E-state index in [4.69, 9.17) is 18.7 Å². The van der Waals surface area contributed by atoms with Crippen molar-refractivity contribution in [3.8, 4) is 28.6 Å². The minimum atomic E-state index is -0.332. The number of halogens is 2. The van der Waals surface area contributed by atoms with Crippen LogP contribution in [-0.4, -0.2) is 43.8 Å². The van der Waals surface area contributed by atoms with Crippen molar-refractivity contribution >= 4 is 21.8 Å². The number of methoxy groups -OCH3 is 3. The van der Waals surface area contributed by atoms with Crippen LogP contribution >= 0.6 is 15.9 Å². The van der Waals surface area contributed by atoms with Gasteiger partial charge in [0.15, 0.2) is 17.3 Å². The molecule has 0 bridgehead atoms. The molecular formula is C22H20BrFN2O5. The van der Waals surface area contributed by atoms with Crippen LogP contribution in [0.3, 0.4) is 0 Å². The number of amides is 1. The maximum atomic E-state index is 13.4. The molecule has 0 atom stereocenters. The number of carbonyl (C=O) groups excluding carboxylic acids is 1. The molecule has 2 heterocycles. The van der Waals surface area contributed by atoms with Crippen molar-refractivity contribution in [2.45, 2.75) is 13.0 Å². The van der Waals surface area contributed by atoms with E-state index < -0.39 is 0 Å². The second-order valence-electron chi connectivity index (χ2n) is 6.93. The van der Waals surface area contributed by atoms with Gasteiger partial charge in [0.2, 0.25) is 5.75 Å². The van der Waals surface area contributed by atoms with Crippen molar-refractivity contribution in [1.29, 1.82) is 0 Å². The highest BCUT2D eigenvalue weighted by atomic mass is 79.9. The Morgan fingerprint density at radius 3 is 2.48 bits per heavy atom. The van der Waals surface area contributed by atoms with Gasteiger partial charge in [-0.1, -0.05) is 5.16 Å². The van der Waals surface area contributed by atoms with Gasteiger partial charge in [0, 0.05) is 24.1 Å². The number of benzene rings is 2. The molecule has 0 radical (unpaired) electrons. The lowest BCUT2D eigenvalue weighted by molar-refractivity contribution is 0.0732. The highest BCUT2D eigenvalue weighted by molar-refractivity contribution is 9.10. The van der Waals surface area contributed by atoms with E-state index in [0.717, 1.165) is 11.3 Å². The fourth-order valence-electron chi connectivity index (χ4n) is 3.66. The summed E-state index contributed by atoms with van der Waals surface area (Å²) in [6, 6.07) is 7.61. The Labute approximate surface area is 186 Å². The molecule has 0 N–H and O–H groups in total. The summed E-state index contributed by atoms with van der Waals surface area (Å²) in [6.07, 6.45) is 0.549. The minimum absolute atomic E-state index is 0.206. The summed E-state index contributed by atoms with van der Waals surface area (Å²) in [7, 11) is 4.50. The van der Waals surface area contributed by atoms with Crippen LogP contribution in [-0.2, 0) is 13.0 Å². The molecular weight excluding hydrogens is 471 g/mol. The minimum Gasteiger partial charge on any atom is -0.493 e. The maximum Gasteiger partial charge on any atom is 0.255 e. The molecule has 1 aliphatic heterocycles. The van der Waals surface area contributed by atoms with Crippen molar-refractivity contribution in [3.05, 3.63) is 57.4 Å². The van der Waals surface area contributed by atoms with Crippen molar-refractivity contribution in [3.63, 3.8) is 0 Å². The zero-order valence-electron chi connectivity index (χ0n) is 17.2. The molecule has 0 unspecified atom stereocenters. The summed E-state index contributed by atoms with van der Waals surface area (Å²) in [5.41, 5.74) is 2.71.